The van der Waals surface area contributed by atoms with Crippen LogP contribution in [0.2, 0.25) is 0 Å². The van der Waals surface area contributed by atoms with E-state index in [-0.39, 0.29) is 11.9 Å². The predicted molar refractivity (Wildman–Crippen MR) is 92.3 cm³/mol. The van der Waals surface area contributed by atoms with Crippen molar-refractivity contribution in [2.45, 2.75) is 44.0 Å². The number of likely N-dealkylation sites (tertiary alicyclic amines) is 1. The van der Waals surface area contributed by atoms with Crippen LogP contribution < -0.4 is 4.72 Å². The van der Waals surface area contributed by atoms with E-state index in [2.05, 4.69) is 4.72 Å². The van der Waals surface area contributed by atoms with Gasteiger partial charge in [0.05, 0.1) is 17.9 Å². The molecule has 1 aliphatic rings. The van der Waals surface area contributed by atoms with Crippen LogP contribution in [0.15, 0.2) is 23.1 Å². The number of ether oxygens (including phenoxy) is 1. The number of benzene rings is 1. The molecular formula is C17H26N2O4S. The molecule has 0 atom stereocenters. The van der Waals surface area contributed by atoms with E-state index in [1.165, 1.54) is 0 Å². The fraction of sp³-hybridized carbons (Fsp3) is 0.588. The summed E-state index contributed by atoms with van der Waals surface area (Å²) in [7, 11) is -1.95. The van der Waals surface area contributed by atoms with Gasteiger partial charge in [0.2, 0.25) is 15.9 Å². The maximum absolute atomic E-state index is 12.5. The van der Waals surface area contributed by atoms with Gasteiger partial charge in [-0.2, -0.15) is 0 Å². The first-order valence-electron chi connectivity index (χ1n) is 8.20. The van der Waals surface area contributed by atoms with Gasteiger partial charge in [0.15, 0.2) is 0 Å². The summed E-state index contributed by atoms with van der Waals surface area (Å²) in [5, 5.41) is 0. The number of sulfonamides is 1. The average molecular weight is 354 g/mol. The van der Waals surface area contributed by atoms with Gasteiger partial charge in [-0.05, 0) is 49.9 Å². The van der Waals surface area contributed by atoms with Gasteiger partial charge in [0.25, 0.3) is 0 Å². The molecule has 1 N–H and O–H groups in total. The van der Waals surface area contributed by atoms with Crippen molar-refractivity contribution in [3.8, 4) is 0 Å². The van der Waals surface area contributed by atoms with Gasteiger partial charge in [0, 0.05) is 26.2 Å². The zero-order valence-corrected chi connectivity index (χ0v) is 15.4. The minimum atomic E-state index is -3.52. The van der Waals surface area contributed by atoms with Crippen molar-refractivity contribution >= 4 is 15.9 Å². The molecule has 1 aromatic carbocycles. The second-order valence-electron chi connectivity index (χ2n) is 6.27. The number of hydrogen-bond acceptors (Lipinski definition) is 4. The van der Waals surface area contributed by atoms with E-state index in [0.717, 1.165) is 11.1 Å². The normalized spacial score (nSPS) is 16.4. The van der Waals surface area contributed by atoms with Crippen molar-refractivity contribution in [3.05, 3.63) is 29.3 Å². The number of rotatable bonds is 6. The molecule has 0 saturated carbocycles. The second kappa shape index (κ2) is 8.09. The van der Waals surface area contributed by atoms with Gasteiger partial charge in [-0.15, -0.1) is 0 Å². The number of hydrogen-bond donors (Lipinski definition) is 1. The van der Waals surface area contributed by atoms with Crippen molar-refractivity contribution in [1.82, 2.24) is 9.62 Å². The van der Waals surface area contributed by atoms with E-state index in [1.54, 1.807) is 24.1 Å². The number of carbonyl (C=O) groups excluding carboxylic acids is 1. The fourth-order valence-corrected chi connectivity index (χ4v) is 4.15. The minimum Gasteiger partial charge on any atom is -0.384 e. The van der Waals surface area contributed by atoms with Crippen LogP contribution in [0.5, 0.6) is 0 Å². The number of nitrogens with one attached hydrogen (secondary N) is 1. The third-order valence-electron chi connectivity index (χ3n) is 4.48. The third kappa shape index (κ3) is 4.78. The SMILES string of the molecule is COCCC(=O)N1CCC(NS(=O)(=O)c2ccc(C)c(C)c2)CC1. The Kier molecular flexibility index (Phi) is 6.37. The lowest BCUT2D eigenvalue weighted by Gasteiger charge is -2.32. The number of methoxy groups -OCH3 is 1. The Bertz CT molecular complexity index is 680. The second-order valence-corrected chi connectivity index (χ2v) is 7.98. The zero-order valence-electron chi connectivity index (χ0n) is 14.5. The van der Waals surface area contributed by atoms with E-state index in [9.17, 15) is 13.2 Å². The Labute approximate surface area is 144 Å². The summed E-state index contributed by atoms with van der Waals surface area (Å²) in [6.07, 6.45) is 1.63. The molecule has 1 heterocycles. The smallest absolute Gasteiger partial charge is 0.240 e. The molecule has 0 radical (unpaired) electrons. The first-order chi connectivity index (χ1) is 11.3. The maximum atomic E-state index is 12.5. The average Bonchev–Trinajstić information content (AvgIpc) is 2.55. The molecule has 0 spiro atoms. The summed E-state index contributed by atoms with van der Waals surface area (Å²) >= 11 is 0. The van der Waals surface area contributed by atoms with Crippen LogP contribution in [0.4, 0.5) is 0 Å². The highest BCUT2D eigenvalue weighted by atomic mass is 32.2. The van der Waals surface area contributed by atoms with Crippen LogP contribution in [0.1, 0.15) is 30.4 Å². The molecule has 134 valence electrons. The molecule has 2 rings (SSSR count). The largest absolute Gasteiger partial charge is 0.384 e. The first kappa shape index (κ1) is 18.9. The summed E-state index contributed by atoms with van der Waals surface area (Å²) in [5.41, 5.74) is 2.02. The van der Waals surface area contributed by atoms with Crippen molar-refractivity contribution in [3.63, 3.8) is 0 Å². The lowest BCUT2D eigenvalue weighted by atomic mass is 10.1. The summed E-state index contributed by atoms with van der Waals surface area (Å²) in [5.74, 6) is 0.0623. The summed E-state index contributed by atoms with van der Waals surface area (Å²) in [4.78, 5) is 14.0. The molecule has 1 saturated heterocycles. The van der Waals surface area contributed by atoms with Crippen LogP contribution in [0, 0.1) is 13.8 Å². The Morgan fingerprint density at radius 1 is 1.25 bits per heavy atom. The van der Waals surface area contributed by atoms with E-state index >= 15 is 0 Å². The Morgan fingerprint density at radius 3 is 2.50 bits per heavy atom. The number of nitrogens with zero attached hydrogens (tertiary/aromatic N) is 1. The van der Waals surface area contributed by atoms with E-state index < -0.39 is 10.0 Å². The highest BCUT2D eigenvalue weighted by molar-refractivity contribution is 7.89. The Balaban J connectivity index is 1.93. The van der Waals surface area contributed by atoms with Crippen molar-refractivity contribution in [1.29, 1.82) is 0 Å². The number of carbonyl (C=O) groups is 1. The van der Waals surface area contributed by atoms with Gasteiger partial charge in [-0.1, -0.05) is 6.07 Å². The van der Waals surface area contributed by atoms with Crippen LogP contribution in [-0.4, -0.2) is 52.1 Å². The molecule has 6 nitrogen and oxygen atoms in total. The van der Waals surface area contributed by atoms with Crippen LogP contribution in [0.25, 0.3) is 0 Å². The van der Waals surface area contributed by atoms with Crippen molar-refractivity contribution < 1.29 is 17.9 Å². The number of piperidine rings is 1. The summed E-state index contributed by atoms with van der Waals surface area (Å²) < 4.78 is 32.7. The van der Waals surface area contributed by atoms with Gasteiger partial charge < -0.3 is 9.64 Å². The molecule has 24 heavy (non-hydrogen) atoms. The lowest BCUT2D eigenvalue weighted by Crippen LogP contribution is -2.46. The van der Waals surface area contributed by atoms with E-state index in [0.29, 0.717) is 43.9 Å². The lowest BCUT2D eigenvalue weighted by molar-refractivity contribution is -0.133. The molecule has 0 aliphatic carbocycles. The van der Waals surface area contributed by atoms with Crippen molar-refractivity contribution in [2.24, 2.45) is 0 Å². The quantitative estimate of drug-likeness (QED) is 0.842. The fourth-order valence-electron chi connectivity index (χ4n) is 2.76. The molecule has 7 heteroatoms. The van der Waals surface area contributed by atoms with E-state index in [1.807, 2.05) is 19.9 Å². The van der Waals surface area contributed by atoms with Crippen LogP contribution in [-0.2, 0) is 19.6 Å². The third-order valence-corrected chi connectivity index (χ3v) is 6.00. The summed E-state index contributed by atoms with van der Waals surface area (Å²) in [6.45, 7) is 5.41. The zero-order chi connectivity index (χ0) is 17.7. The van der Waals surface area contributed by atoms with Crippen LogP contribution in [0.3, 0.4) is 0 Å². The monoisotopic (exact) mass is 354 g/mol. The first-order valence-corrected chi connectivity index (χ1v) is 9.68. The van der Waals surface area contributed by atoms with Crippen LogP contribution >= 0.6 is 0 Å². The predicted octanol–water partition coefficient (Wildman–Crippen LogP) is 1.61. The topological polar surface area (TPSA) is 75.7 Å². The van der Waals surface area contributed by atoms with Gasteiger partial charge in [-0.25, -0.2) is 13.1 Å². The molecule has 1 amide bonds. The molecule has 1 aromatic rings. The molecule has 0 unspecified atom stereocenters. The van der Waals surface area contributed by atoms with Gasteiger partial charge in [-0.3, -0.25) is 4.79 Å². The number of amides is 1. The molecule has 0 bridgehead atoms. The Morgan fingerprint density at radius 2 is 1.92 bits per heavy atom. The maximum Gasteiger partial charge on any atom is 0.240 e. The highest BCUT2D eigenvalue weighted by Crippen LogP contribution is 2.18. The van der Waals surface area contributed by atoms with Crippen molar-refractivity contribution in [2.75, 3.05) is 26.8 Å². The molecule has 0 aromatic heterocycles. The standard InChI is InChI=1S/C17H26N2O4S/c1-13-4-5-16(12-14(13)2)24(21,22)18-15-6-9-19(10-7-15)17(20)8-11-23-3/h4-5,12,15,18H,6-11H2,1-3H3. The molecule has 1 aliphatic heterocycles. The molecular weight excluding hydrogens is 328 g/mol. The van der Waals surface area contributed by atoms with E-state index in [4.69, 9.17) is 4.74 Å². The minimum absolute atomic E-state index is 0.0623. The highest BCUT2D eigenvalue weighted by Gasteiger charge is 2.26. The van der Waals surface area contributed by atoms with Gasteiger partial charge in [0.1, 0.15) is 0 Å². The van der Waals surface area contributed by atoms with Gasteiger partial charge >= 0.3 is 0 Å². The Hall–Kier alpha value is -1.44. The molecule has 1 fully saturated rings. The number of aryl methyl sites for hydroxylation is 2. The summed E-state index contributed by atoms with van der Waals surface area (Å²) in [6, 6.07) is 5.01.